The van der Waals surface area contributed by atoms with Gasteiger partial charge in [0.15, 0.2) is 11.2 Å². The van der Waals surface area contributed by atoms with Gasteiger partial charge in [0, 0.05) is 29.2 Å². The van der Waals surface area contributed by atoms with Gasteiger partial charge in [-0.3, -0.25) is 18.9 Å². The predicted molar refractivity (Wildman–Crippen MR) is 108 cm³/mol. The Balaban J connectivity index is 2.07. The number of hydrazone groups is 1. The van der Waals surface area contributed by atoms with Gasteiger partial charge in [0.1, 0.15) is 0 Å². The van der Waals surface area contributed by atoms with Crippen molar-refractivity contribution in [2.45, 2.75) is 13.5 Å². The van der Waals surface area contributed by atoms with Crippen LogP contribution in [0.25, 0.3) is 11.2 Å². The van der Waals surface area contributed by atoms with Gasteiger partial charge >= 0.3 is 5.69 Å². The first-order valence-corrected chi connectivity index (χ1v) is 8.69. The lowest BCUT2D eigenvalue weighted by molar-refractivity contribution is 0.818. The summed E-state index contributed by atoms with van der Waals surface area (Å²) in [4.78, 5) is 30.7. The van der Waals surface area contributed by atoms with Crippen LogP contribution in [-0.2, 0) is 13.6 Å². The fourth-order valence-electron chi connectivity index (χ4n) is 2.45. The highest BCUT2D eigenvalue weighted by Gasteiger charge is 2.16. The van der Waals surface area contributed by atoms with Crippen molar-refractivity contribution >= 4 is 46.5 Å². The molecule has 0 amide bonds. The fourth-order valence-corrected chi connectivity index (χ4v) is 2.71. The van der Waals surface area contributed by atoms with E-state index in [0.717, 1.165) is 5.56 Å². The van der Waals surface area contributed by atoms with Crippen LogP contribution in [0, 0.1) is 0 Å². The molecule has 10 heteroatoms. The molecule has 0 fully saturated rings. The Hall–Kier alpha value is -2.84. The number of anilines is 1. The van der Waals surface area contributed by atoms with Gasteiger partial charge in [0.25, 0.3) is 5.56 Å². The molecule has 0 saturated carbocycles. The van der Waals surface area contributed by atoms with Crippen LogP contribution in [-0.4, -0.2) is 25.3 Å². The zero-order valence-electron chi connectivity index (χ0n) is 14.5. The third-order valence-corrected chi connectivity index (χ3v) is 4.33. The van der Waals surface area contributed by atoms with E-state index in [-0.39, 0.29) is 23.7 Å². The fraction of sp³-hybridized carbons (Fsp3) is 0.176. The van der Waals surface area contributed by atoms with Crippen LogP contribution in [0.2, 0.25) is 5.02 Å². The molecular formula is C17H16Cl2N6O2. The molecule has 1 aromatic carbocycles. The third kappa shape index (κ3) is 3.96. The summed E-state index contributed by atoms with van der Waals surface area (Å²) >= 11 is 12.0. The molecule has 140 valence electrons. The van der Waals surface area contributed by atoms with Crippen molar-refractivity contribution in [2.75, 3.05) is 5.43 Å². The minimum atomic E-state index is -0.549. The molecule has 0 radical (unpaired) electrons. The number of nitrogens with one attached hydrogen (secondary N) is 2. The van der Waals surface area contributed by atoms with E-state index in [0.29, 0.717) is 10.1 Å². The summed E-state index contributed by atoms with van der Waals surface area (Å²) < 4.78 is 2.84. The number of aromatic nitrogens is 4. The highest BCUT2D eigenvalue weighted by molar-refractivity contribution is 6.33. The molecule has 0 aliphatic rings. The van der Waals surface area contributed by atoms with Gasteiger partial charge in [-0.1, -0.05) is 47.5 Å². The van der Waals surface area contributed by atoms with E-state index in [2.05, 4.69) is 20.5 Å². The molecule has 3 aromatic rings. The number of nitrogens with zero attached hydrogens (tertiary/aromatic N) is 4. The Labute approximate surface area is 163 Å². The van der Waals surface area contributed by atoms with Crippen LogP contribution in [0.15, 0.2) is 50.1 Å². The van der Waals surface area contributed by atoms with Crippen LogP contribution >= 0.6 is 23.2 Å². The summed E-state index contributed by atoms with van der Waals surface area (Å²) in [7, 11) is 1.53. The summed E-state index contributed by atoms with van der Waals surface area (Å²) in [6.07, 6.45) is 3.26. The van der Waals surface area contributed by atoms with Crippen LogP contribution < -0.4 is 16.7 Å². The van der Waals surface area contributed by atoms with Crippen LogP contribution in [0.4, 0.5) is 5.95 Å². The molecule has 0 saturated heterocycles. The number of hydrogen-bond donors (Lipinski definition) is 2. The van der Waals surface area contributed by atoms with Crippen LogP contribution in [0.3, 0.4) is 0 Å². The maximum absolute atomic E-state index is 12.3. The summed E-state index contributed by atoms with van der Waals surface area (Å²) in [6, 6.07) is 7.22. The monoisotopic (exact) mass is 406 g/mol. The first-order chi connectivity index (χ1) is 12.9. The van der Waals surface area contributed by atoms with Crippen molar-refractivity contribution in [1.82, 2.24) is 19.1 Å². The Bertz CT molecular complexity index is 1170. The average molecular weight is 407 g/mol. The smallest absolute Gasteiger partial charge is 0.299 e. The molecule has 0 atom stereocenters. The number of rotatable bonds is 5. The molecule has 0 bridgehead atoms. The molecule has 2 heterocycles. The molecule has 0 aliphatic carbocycles. The quantitative estimate of drug-likeness (QED) is 0.502. The van der Waals surface area contributed by atoms with Gasteiger partial charge in [-0.25, -0.2) is 10.2 Å². The lowest BCUT2D eigenvalue weighted by atomic mass is 10.2. The van der Waals surface area contributed by atoms with Crippen LogP contribution in [0.5, 0.6) is 0 Å². The van der Waals surface area contributed by atoms with E-state index in [1.165, 1.54) is 17.8 Å². The molecule has 3 rings (SSSR count). The number of aromatic amines is 1. The van der Waals surface area contributed by atoms with E-state index < -0.39 is 11.2 Å². The number of hydrogen-bond acceptors (Lipinski definition) is 5. The predicted octanol–water partition coefficient (Wildman–Crippen LogP) is 2.67. The Kier molecular flexibility index (Phi) is 5.48. The molecule has 0 aliphatic heterocycles. The zero-order valence-corrected chi connectivity index (χ0v) is 16.0. The number of fused-ring (bicyclic) bond motifs is 1. The number of halogens is 2. The molecule has 8 nitrogen and oxygen atoms in total. The molecule has 27 heavy (non-hydrogen) atoms. The van der Waals surface area contributed by atoms with Gasteiger partial charge < -0.3 is 0 Å². The average Bonchev–Trinajstić information content (AvgIpc) is 2.99. The van der Waals surface area contributed by atoms with Crippen molar-refractivity contribution < 1.29 is 0 Å². The van der Waals surface area contributed by atoms with Gasteiger partial charge in [0.2, 0.25) is 5.95 Å². The molecule has 0 spiro atoms. The normalized spacial score (nSPS) is 12.2. The summed E-state index contributed by atoms with van der Waals surface area (Å²) in [5.41, 5.74) is 2.90. The molecule has 0 unspecified atom stereocenters. The highest BCUT2D eigenvalue weighted by Crippen LogP contribution is 2.17. The molecule has 2 aromatic heterocycles. The van der Waals surface area contributed by atoms with Crippen molar-refractivity contribution in [3.8, 4) is 0 Å². The van der Waals surface area contributed by atoms with Crippen molar-refractivity contribution in [3.05, 3.63) is 66.8 Å². The Morgan fingerprint density at radius 3 is 2.81 bits per heavy atom. The summed E-state index contributed by atoms with van der Waals surface area (Å²) in [5, 5.41) is 5.25. The largest absolute Gasteiger partial charge is 0.329 e. The first kappa shape index (κ1) is 18.9. The van der Waals surface area contributed by atoms with Crippen molar-refractivity contribution in [2.24, 2.45) is 12.1 Å². The van der Waals surface area contributed by atoms with Crippen molar-refractivity contribution in [1.29, 1.82) is 0 Å². The van der Waals surface area contributed by atoms with Gasteiger partial charge in [0.05, 0.1) is 6.21 Å². The van der Waals surface area contributed by atoms with Gasteiger partial charge in [-0.05, 0) is 13.0 Å². The number of H-pyrrole nitrogens is 1. The van der Waals surface area contributed by atoms with Crippen molar-refractivity contribution in [3.63, 3.8) is 0 Å². The highest BCUT2D eigenvalue weighted by atomic mass is 35.5. The second-order valence-corrected chi connectivity index (χ2v) is 6.72. The topological polar surface area (TPSA) is 97.1 Å². The van der Waals surface area contributed by atoms with Gasteiger partial charge in [-0.15, -0.1) is 0 Å². The number of benzene rings is 1. The second kappa shape index (κ2) is 7.81. The lowest BCUT2D eigenvalue weighted by Crippen LogP contribution is -2.29. The first-order valence-electron chi connectivity index (χ1n) is 7.94. The number of imidazole rings is 1. The molecule has 2 N–H and O–H groups in total. The minimum Gasteiger partial charge on any atom is -0.299 e. The second-order valence-electron chi connectivity index (χ2n) is 5.72. The Morgan fingerprint density at radius 1 is 1.37 bits per heavy atom. The van der Waals surface area contributed by atoms with E-state index in [1.807, 2.05) is 18.2 Å². The molecular weight excluding hydrogens is 391 g/mol. The summed E-state index contributed by atoms with van der Waals surface area (Å²) in [5.74, 6) is 0.286. The van der Waals surface area contributed by atoms with E-state index in [1.54, 1.807) is 23.6 Å². The standard InChI is InChI=1S/C17H16Cl2N6O2/c1-10(18)7-8-25-13-14(24(2)17(27)22-15(13)26)21-16(25)23-20-9-11-5-3-4-6-12(11)19/h3-7,9H,8H2,1-2H3,(H,21,23)(H,22,26,27)/b10-7+,20-9-. The third-order valence-electron chi connectivity index (χ3n) is 3.84. The maximum Gasteiger partial charge on any atom is 0.329 e. The summed E-state index contributed by atoms with van der Waals surface area (Å²) in [6.45, 7) is 2.00. The van der Waals surface area contributed by atoms with E-state index in [9.17, 15) is 9.59 Å². The number of allylic oxidation sites excluding steroid dienone is 2. The zero-order chi connectivity index (χ0) is 19.6. The van der Waals surface area contributed by atoms with E-state index >= 15 is 0 Å². The Morgan fingerprint density at radius 2 is 2.11 bits per heavy atom. The number of aryl methyl sites for hydroxylation is 1. The SMILES string of the molecule is C/C(Cl)=C\Cn1c(N/N=C\c2ccccc2Cl)nc2c1c(=O)[nH]c(=O)n2C. The van der Waals surface area contributed by atoms with Gasteiger partial charge in [-0.2, -0.15) is 10.1 Å². The van der Waals surface area contributed by atoms with Crippen LogP contribution in [0.1, 0.15) is 12.5 Å². The maximum atomic E-state index is 12.3. The minimum absolute atomic E-state index is 0.236. The lowest BCUT2D eigenvalue weighted by Gasteiger charge is -2.05. The van der Waals surface area contributed by atoms with E-state index in [4.69, 9.17) is 23.2 Å².